The third kappa shape index (κ3) is 3.72. The summed E-state index contributed by atoms with van der Waals surface area (Å²) in [5.41, 5.74) is 0.892. The Hall–Kier alpha value is -1.87. The molecule has 1 atom stereocenters. The summed E-state index contributed by atoms with van der Waals surface area (Å²) >= 11 is 6.06. The zero-order valence-corrected chi connectivity index (χ0v) is 15.1. The van der Waals surface area contributed by atoms with E-state index in [0.717, 1.165) is 5.56 Å². The normalized spacial score (nSPS) is 18.4. The molecule has 0 radical (unpaired) electrons. The van der Waals surface area contributed by atoms with Crippen LogP contribution >= 0.6 is 11.6 Å². The summed E-state index contributed by atoms with van der Waals surface area (Å²) in [7, 11) is -3.94. The second-order valence-electron chi connectivity index (χ2n) is 5.85. The van der Waals surface area contributed by atoms with Gasteiger partial charge in [0.2, 0.25) is 10.0 Å². The number of hydrogen-bond acceptors (Lipinski definition) is 5. The van der Waals surface area contributed by atoms with Gasteiger partial charge in [-0.1, -0.05) is 23.7 Å². The van der Waals surface area contributed by atoms with Crippen molar-refractivity contribution in [2.75, 3.05) is 19.6 Å². The highest BCUT2D eigenvalue weighted by atomic mass is 35.5. The second kappa shape index (κ2) is 6.80. The van der Waals surface area contributed by atoms with Crippen molar-refractivity contribution >= 4 is 27.5 Å². The SMILES string of the molecule is Cc1oc(C(=O)N2CCNCC2c2cccc(Cl)c2)cc1S(N)(=O)=O. The molecule has 0 spiro atoms. The smallest absolute Gasteiger partial charge is 0.290 e. The van der Waals surface area contributed by atoms with Gasteiger partial charge in [-0.15, -0.1) is 0 Å². The Morgan fingerprint density at radius 3 is 2.80 bits per heavy atom. The maximum absolute atomic E-state index is 12.9. The Morgan fingerprint density at radius 2 is 2.16 bits per heavy atom. The highest BCUT2D eigenvalue weighted by Crippen LogP contribution is 2.28. The van der Waals surface area contributed by atoms with Crippen molar-refractivity contribution in [2.45, 2.75) is 17.9 Å². The Kier molecular flexibility index (Phi) is 4.88. The van der Waals surface area contributed by atoms with Gasteiger partial charge in [0.25, 0.3) is 5.91 Å². The third-order valence-corrected chi connectivity index (χ3v) is 5.38. The summed E-state index contributed by atoms with van der Waals surface area (Å²) in [5, 5.41) is 8.98. The van der Waals surface area contributed by atoms with Crippen LogP contribution in [0.15, 0.2) is 39.6 Å². The molecule has 1 aromatic heterocycles. The van der Waals surface area contributed by atoms with Crippen molar-refractivity contribution in [3.8, 4) is 0 Å². The minimum atomic E-state index is -3.94. The van der Waals surface area contributed by atoms with Gasteiger partial charge in [0.05, 0.1) is 6.04 Å². The first-order chi connectivity index (χ1) is 11.8. The molecule has 0 aliphatic carbocycles. The van der Waals surface area contributed by atoms with E-state index < -0.39 is 10.0 Å². The Balaban J connectivity index is 1.94. The molecule has 0 saturated carbocycles. The number of benzene rings is 1. The van der Waals surface area contributed by atoms with Crippen LogP contribution in [0.3, 0.4) is 0 Å². The molecule has 1 saturated heterocycles. The third-order valence-electron chi connectivity index (χ3n) is 4.13. The molecule has 134 valence electrons. The minimum Gasteiger partial charge on any atom is -0.455 e. The predicted molar refractivity (Wildman–Crippen MR) is 92.9 cm³/mol. The molecule has 3 rings (SSSR count). The maximum atomic E-state index is 12.9. The fraction of sp³-hybridized carbons (Fsp3) is 0.312. The van der Waals surface area contributed by atoms with E-state index in [1.165, 1.54) is 13.0 Å². The monoisotopic (exact) mass is 383 g/mol. The number of primary sulfonamides is 1. The molecule has 1 amide bonds. The van der Waals surface area contributed by atoms with Crippen molar-refractivity contribution in [3.63, 3.8) is 0 Å². The number of carbonyl (C=O) groups is 1. The lowest BCUT2D eigenvalue weighted by molar-refractivity contribution is 0.0600. The van der Waals surface area contributed by atoms with Crippen molar-refractivity contribution in [1.29, 1.82) is 0 Å². The highest BCUT2D eigenvalue weighted by Gasteiger charge is 2.31. The fourth-order valence-electron chi connectivity index (χ4n) is 2.95. The Bertz CT molecular complexity index is 910. The summed E-state index contributed by atoms with van der Waals surface area (Å²) in [5.74, 6) is -0.333. The van der Waals surface area contributed by atoms with E-state index in [0.29, 0.717) is 24.7 Å². The predicted octanol–water partition coefficient (Wildman–Crippen LogP) is 1.68. The number of nitrogens with one attached hydrogen (secondary N) is 1. The Morgan fingerprint density at radius 1 is 1.40 bits per heavy atom. The average molecular weight is 384 g/mol. The molecule has 2 heterocycles. The molecule has 1 fully saturated rings. The Labute approximate surface area is 150 Å². The summed E-state index contributed by atoms with van der Waals surface area (Å²) in [6, 6.07) is 8.25. The van der Waals surface area contributed by atoms with E-state index in [1.807, 2.05) is 18.2 Å². The number of aryl methyl sites for hydroxylation is 1. The van der Waals surface area contributed by atoms with E-state index in [4.69, 9.17) is 21.2 Å². The van der Waals surface area contributed by atoms with Crippen LogP contribution in [0, 0.1) is 6.92 Å². The maximum Gasteiger partial charge on any atom is 0.290 e. The molecule has 1 aliphatic rings. The van der Waals surface area contributed by atoms with Gasteiger partial charge < -0.3 is 14.6 Å². The van der Waals surface area contributed by atoms with Crippen LogP contribution in [0.1, 0.15) is 27.9 Å². The molecule has 9 heteroatoms. The van der Waals surface area contributed by atoms with Gasteiger partial charge in [0.15, 0.2) is 5.76 Å². The number of hydrogen-bond donors (Lipinski definition) is 2. The van der Waals surface area contributed by atoms with Crippen LogP contribution < -0.4 is 10.5 Å². The van der Waals surface area contributed by atoms with E-state index >= 15 is 0 Å². The van der Waals surface area contributed by atoms with Crippen LogP contribution in [0.2, 0.25) is 5.02 Å². The second-order valence-corrected chi connectivity index (χ2v) is 7.82. The lowest BCUT2D eigenvalue weighted by Gasteiger charge is -2.36. The number of sulfonamides is 1. The molecule has 2 aromatic rings. The van der Waals surface area contributed by atoms with E-state index in [2.05, 4.69) is 5.32 Å². The van der Waals surface area contributed by atoms with Crippen LogP contribution in [0.4, 0.5) is 0 Å². The number of amides is 1. The number of piperazine rings is 1. The molecule has 1 aliphatic heterocycles. The molecule has 1 unspecified atom stereocenters. The van der Waals surface area contributed by atoms with Gasteiger partial charge in [-0.25, -0.2) is 13.6 Å². The minimum absolute atomic E-state index is 0.0459. The first-order valence-electron chi connectivity index (χ1n) is 7.68. The van der Waals surface area contributed by atoms with Crippen LogP contribution in [-0.4, -0.2) is 38.9 Å². The first-order valence-corrected chi connectivity index (χ1v) is 9.60. The van der Waals surface area contributed by atoms with E-state index in [-0.39, 0.29) is 28.4 Å². The number of nitrogens with zero attached hydrogens (tertiary/aromatic N) is 1. The van der Waals surface area contributed by atoms with Gasteiger partial charge in [-0.3, -0.25) is 4.79 Å². The quantitative estimate of drug-likeness (QED) is 0.838. The summed E-state index contributed by atoms with van der Waals surface area (Å²) in [6.07, 6.45) is 0. The van der Waals surface area contributed by atoms with E-state index in [9.17, 15) is 13.2 Å². The molecule has 0 bridgehead atoms. The van der Waals surface area contributed by atoms with Gasteiger partial charge in [0.1, 0.15) is 10.7 Å². The van der Waals surface area contributed by atoms with Crippen molar-refractivity contribution in [1.82, 2.24) is 10.2 Å². The van der Waals surface area contributed by atoms with Gasteiger partial charge >= 0.3 is 0 Å². The molecule has 3 N–H and O–H groups in total. The topological polar surface area (TPSA) is 106 Å². The fourth-order valence-corrected chi connectivity index (χ4v) is 3.87. The zero-order valence-electron chi connectivity index (χ0n) is 13.5. The molecular formula is C16H18ClN3O4S. The number of nitrogens with two attached hydrogens (primary N) is 1. The average Bonchev–Trinajstić information content (AvgIpc) is 2.96. The number of halogens is 1. The number of carbonyl (C=O) groups excluding carboxylic acids is 1. The number of rotatable bonds is 3. The summed E-state index contributed by atoms with van der Waals surface area (Å²) < 4.78 is 28.5. The van der Waals surface area contributed by atoms with Crippen LogP contribution in [0.25, 0.3) is 0 Å². The lowest BCUT2D eigenvalue weighted by Crippen LogP contribution is -2.48. The summed E-state index contributed by atoms with van der Waals surface area (Å²) in [6.45, 7) is 3.11. The van der Waals surface area contributed by atoms with Crippen LogP contribution in [0.5, 0.6) is 0 Å². The molecular weight excluding hydrogens is 366 g/mol. The van der Waals surface area contributed by atoms with Crippen LogP contribution in [-0.2, 0) is 10.0 Å². The van der Waals surface area contributed by atoms with Gasteiger partial charge in [0, 0.05) is 30.7 Å². The summed E-state index contributed by atoms with van der Waals surface area (Å²) in [4.78, 5) is 14.4. The van der Waals surface area contributed by atoms with Gasteiger partial charge in [-0.05, 0) is 24.6 Å². The molecule has 7 nitrogen and oxygen atoms in total. The lowest BCUT2D eigenvalue weighted by atomic mass is 10.0. The zero-order chi connectivity index (χ0) is 18.2. The van der Waals surface area contributed by atoms with Crippen molar-refractivity contribution in [3.05, 3.63) is 52.4 Å². The van der Waals surface area contributed by atoms with E-state index in [1.54, 1.807) is 11.0 Å². The highest BCUT2D eigenvalue weighted by molar-refractivity contribution is 7.89. The molecule has 25 heavy (non-hydrogen) atoms. The number of furan rings is 1. The molecule has 1 aromatic carbocycles. The van der Waals surface area contributed by atoms with Gasteiger partial charge in [-0.2, -0.15) is 0 Å². The largest absolute Gasteiger partial charge is 0.455 e. The standard InChI is InChI=1S/C16H18ClN3O4S/c1-10-15(25(18,22)23)8-14(24-10)16(21)20-6-5-19-9-13(20)11-3-2-4-12(17)7-11/h2-4,7-8,13,19H,5-6,9H2,1H3,(H2,18,22,23). The van der Waals surface area contributed by atoms with Crippen molar-refractivity contribution < 1.29 is 17.6 Å². The first kappa shape index (κ1) is 17.9. The van der Waals surface area contributed by atoms with Crippen molar-refractivity contribution in [2.24, 2.45) is 5.14 Å².